The Morgan fingerprint density at radius 1 is 1.42 bits per heavy atom. The van der Waals surface area contributed by atoms with Gasteiger partial charge in [0.25, 0.3) is 0 Å². The minimum atomic E-state index is 0.199. The molecule has 0 saturated carbocycles. The molecule has 2 rings (SSSR count). The van der Waals surface area contributed by atoms with Crippen molar-refractivity contribution in [2.45, 2.75) is 25.7 Å². The van der Waals surface area contributed by atoms with E-state index in [9.17, 15) is 4.79 Å². The largest absolute Gasteiger partial charge is 0.398 e. The van der Waals surface area contributed by atoms with Gasteiger partial charge in [0.1, 0.15) is 0 Å². The Labute approximate surface area is 115 Å². The summed E-state index contributed by atoms with van der Waals surface area (Å²) in [7, 11) is 3.61. The van der Waals surface area contributed by atoms with Crippen molar-refractivity contribution in [1.29, 1.82) is 0 Å². The zero-order valence-electron chi connectivity index (χ0n) is 11.9. The van der Waals surface area contributed by atoms with Crippen LogP contribution < -0.4 is 10.6 Å². The lowest BCUT2D eigenvalue weighted by atomic mass is 9.99. The molecular formula is C15H23N3O. The van der Waals surface area contributed by atoms with Gasteiger partial charge in [-0.3, -0.25) is 4.79 Å². The van der Waals surface area contributed by atoms with E-state index in [0.717, 1.165) is 38.0 Å². The maximum Gasteiger partial charge on any atom is 0.222 e. The first-order chi connectivity index (χ1) is 9.09. The Morgan fingerprint density at radius 3 is 2.95 bits per heavy atom. The van der Waals surface area contributed by atoms with E-state index >= 15 is 0 Å². The summed E-state index contributed by atoms with van der Waals surface area (Å²) in [6.07, 6.45) is 3.71. The SMILES string of the molecule is CN(C)C(=O)CCCN1CCCc2c(N)cccc21. The van der Waals surface area contributed by atoms with Crippen LogP contribution in [-0.4, -0.2) is 38.0 Å². The molecule has 0 bridgehead atoms. The molecule has 4 nitrogen and oxygen atoms in total. The summed E-state index contributed by atoms with van der Waals surface area (Å²) in [6.45, 7) is 1.99. The summed E-state index contributed by atoms with van der Waals surface area (Å²) in [5.74, 6) is 0.199. The van der Waals surface area contributed by atoms with E-state index in [1.165, 1.54) is 11.3 Å². The van der Waals surface area contributed by atoms with Gasteiger partial charge in [-0.2, -0.15) is 0 Å². The number of carbonyl (C=O) groups is 1. The minimum absolute atomic E-state index is 0.199. The number of carbonyl (C=O) groups excluding carboxylic acids is 1. The first kappa shape index (κ1) is 13.7. The molecule has 1 aliphatic rings. The topological polar surface area (TPSA) is 49.6 Å². The number of fused-ring (bicyclic) bond motifs is 1. The zero-order valence-corrected chi connectivity index (χ0v) is 11.9. The van der Waals surface area contributed by atoms with Gasteiger partial charge in [0, 0.05) is 45.0 Å². The Hall–Kier alpha value is -1.71. The van der Waals surface area contributed by atoms with E-state index in [1.54, 1.807) is 19.0 Å². The number of nitrogens with zero attached hydrogens (tertiary/aromatic N) is 2. The molecule has 104 valence electrons. The summed E-state index contributed by atoms with van der Waals surface area (Å²) >= 11 is 0. The predicted molar refractivity (Wildman–Crippen MR) is 79.3 cm³/mol. The average Bonchev–Trinajstić information content (AvgIpc) is 2.39. The first-order valence-electron chi connectivity index (χ1n) is 6.92. The van der Waals surface area contributed by atoms with Crippen LogP contribution in [0.3, 0.4) is 0 Å². The van der Waals surface area contributed by atoms with Crippen molar-refractivity contribution in [2.75, 3.05) is 37.8 Å². The average molecular weight is 261 g/mol. The monoisotopic (exact) mass is 261 g/mol. The fraction of sp³-hybridized carbons (Fsp3) is 0.533. The number of hydrogen-bond acceptors (Lipinski definition) is 3. The molecule has 1 aromatic carbocycles. The molecule has 2 N–H and O–H groups in total. The van der Waals surface area contributed by atoms with Crippen LogP contribution in [0.4, 0.5) is 11.4 Å². The third-order valence-electron chi connectivity index (χ3n) is 3.70. The quantitative estimate of drug-likeness (QED) is 0.842. The van der Waals surface area contributed by atoms with E-state index in [4.69, 9.17) is 5.73 Å². The molecule has 0 fully saturated rings. The summed E-state index contributed by atoms with van der Waals surface area (Å²) in [6, 6.07) is 6.12. The third-order valence-corrected chi connectivity index (χ3v) is 3.70. The molecule has 1 amide bonds. The van der Waals surface area contributed by atoms with Crippen LogP contribution in [0.15, 0.2) is 18.2 Å². The molecule has 0 unspecified atom stereocenters. The van der Waals surface area contributed by atoms with Crippen molar-refractivity contribution in [3.63, 3.8) is 0 Å². The van der Waals surface area contributed by atoms with Gasteiger partial charge < -0.3 is 15.5 Å². The van der Waals surface area contributed by atoms with Crippen LogP contribution in [0.2, 0.25) is 0 Å². The molecule has 0 saturated heterocycles. The fourth-order valence-electron chi connectivity index (χ4n) is 2.60. The number of anilines is 2. The predicted octanol–water partition coefficient (Wildman–Crippen LogP) is 1.89. The first-order valence-corrected chi connectivity index (χ1v) is 6.92. The second-order valence-corrected chi connectivity index (χ2v) is 5.33. The van der Waals surface area contributed by atoms with Crippen molar-refractivity contribution in [1.82, 2.24) is 4.90 Å². The van der Waals surface area contributed by atoms with Crippen LogP contribution in [0.1, 0.15) is 24.8 Å². The fourth-order valence-corrected chi connectivity index (χ4v) is 2.60. The van der Waals surface area contributed by atoms with Crippen molar-refractivity contribution in [2.24, 2.45) is 0 Å². The number of benzene rings is 1. The molecule has 19 heavy (non-hydrogen) atoms. The summed E-state index contributed by atoms with van der Waals surface area (Å²) in [5.41, 5.74) is 9.45. The van der Waals surface area contributed by atoms with Crippen LogP contribution in [0, 0.1) is 0 Å². The van der Waals surface area contributed by atoms with E-state index in [1.807, 2.05) is 12.1 Å². The Kier molecular flexibility index (Phi) is 4.30. The Bertz CT molecular complexity index is 457. The summed E-state index contributed by atoms with van der Waals surface area (Å²) < 4.78 is 0. The van der Waals surface area contributed by atoms with Crippen molar-refractivity contribution >= 4 is 17.3 Å². The summed E-state index contributed by atoms with van der Waals surface area (Å²) in [4.78, 5) is 15.6. The number of amides is 1. The van der Waals surface area contributed by atoms with E-state index in [2.05, 4.69) is 11.0 Å². The van der Waals surface area contributed by atoms with Gasteiger partial charge in [-0.25, -0.2) is 0 Å². The molecule has 1 aliphatic heterocycles. The highest BCUT2D eigenvalue weighted by molar-refractivity contribution is 5.75. The molecular weight excluding hydrogens is 238 g/mol. The molecule has 0 atom stereocenters. The minimum Gasteiger partial charge on any atom is -0.398 e. The van der Waals surface area contributed by atoms with Crippen LogP contribution in [0.5, 0.6) is 0 Å². The van der Waals surface area contributed by atoms with Crippen molar-refractivity contribution in [3.8, 4) is 0 Å². The van der Waals surface area contributed by atoms with Gasteiger partial charge in [-0.1, -0.05) is 6.07 Å². The highest BCUT2D eigenvalue weighted by Gasteiger charge is 2.18. The molecule has 0 aliphatic carbocycles. The number of hydrogen-bond donors (Lipinski definition) is 1. The molecule has 1 aromatic rings. The lowest BCUT2D eigenvalue weighted by molar-refractivity contribution is -0.128. The number of rotatable bonds is 4. The lowest BCUT2D eigenvalue weighted by Crippen LogP contribution is -2.31. The zero-order chi connectivity index (χ0) is 13.8. The van der Waals surface area contributed by atoms with Crippen LogP contribution in [-0.2, 0) is 11.2 Å². The Morgan fingerprint density at radius 2 is 2.21 bits per heavy atom. The molecule has 1 heterocycles. The summed E-state index contributed by atoms with van der Waals surface area (Å²) in [5, 5.41) is 0. The van der Waals surface area contributed by atoms with Crippen molar-refractivity contribution in [3.05, 3.63) is 23.8 Å². The number of nitrogen functional groups attached to an aromatic ring is 1. The maximum atomic E-state index is 11.6. The standard InChI is InChI=1S/C15H23N3O/c1-17(2)15(19)9-5-11-18-10-4-6-12-13(16)7-3-8-14(12)18/h3,7-8H,4-6,9-11,16H2,1-2H3. The van der Waals surface area contributed by atoms with Gasteiger partial charge >= 0.3 is 0 Å². The normalized spacial score (nSPS) is 14.1. The van der Waals surface area contributed by atoms with E-state index in [-0.39, 0.29) is 5.91 Å². The smallest absolute Gasteiger partial charge is 0.222 e. The van der Waals surface area contributed by atoms with E-state index < -0.39 is 0 Å². The molecule has 0 spiro atoms. The Balaban J connectivity index is 1.97. The van der Waals surface area contributed by atoms with Crippen molar-refractivity contribution < 1.29 is 4.79 Å². The van der Waals surface area contributed by atoms with Gasteiger partial charge in [0.05, 0.1) is 0 Å². The highest BCUT2D eigenvalue weighted by Crippen LogP contribution is 2.31. The van der Waals surface area contributed by atoms with Gasteiger partial charge in [0.15, 0.2) is 0 Å². The van der Waals surface area contributed by atoms with Crippen LogP contribution in [0.25, 0.3) is 0 Å². The third kappa shape index (κ3) is 3.19. The van der Waals surface area contributed by atoms with Crippen LogP contribution >= 0.6 is 0 Å². The molecule has 4 heteroatoms. The van der Waals surface area contributed by atoms with Gasteiger partial charge in [-0.15, -0.1) is 0 Å². The lowest BCUT2D eigenvalue weighted by Gasteiger charge is -2.32. The molecule has 0 aromatic heterocycles. The number of nitrogens with two attached hydrogens (primary N) is 1. The van der Waals surface area contributed by atoms with E-state index in [0.29, 0.717) is 6.42 Å². The maximum absolute atomic E-state index is 11.6. The second-order valence-electron chi connectivity index (χ2n) is 5.33. The van der Waals surface area contributed by atoms with Gasteiger partial charge in [-0.05, 0) is 37.0 Å². The highest BCUT2D eigenvalue weighted by atomic mass is 16.2. The van der Waals surface area contributed by atoms with Gasteiger partial charge in [0.2, 0.25) is 5.91 Å². The molecule has 0 radical (unpaired) electrons. The second kappa shape index (κ2) is 5.95.